The van der Waals surface area contributed by atoms with E-state index in [-0.39, 0.29) is 36.4 Å². The van der Waals surface area contributed by atoms with Crippen LogP contribution in [0.15, 0.2) is 12.1 Å². The molecule has 0 bridgehead atoms. The number of benzene rings is 1. The van der Waals surface area contributed by atoms with Crippen LogP contribution in [0.25, 0.3) is 0 Å². The highest BCUT2D eigenvalue weighted by atomic mass is 19.2. The minimum absolute atomic E-state index is 0.0305. The molecule has 0 unspecified atom stereocenters. The van der Waals surface area contributed by atoms with Crippen LogP contribution in [-0.4, -0.2) is 63.5 Å². The van der Waals surface area contributed by atoms with Gasteiger partial charge < -0.3 is 19.2 Å². The van der Waals surface area contributed by atoms with Gasteiger partial charge in [0.05, 0.1) is 12.5 Å². The first-order valence-corrected chi connectivity index (χ1v) is 9.38. The van der Waals surface area contributed by atoms with E-state index >= 15 is 0 Å². The third kappa shape index (κ3) is 6.66. The summed E-state index contributed by atoms with van der Waals surface area (Å²) < 4.78 is 38.8. The molecule has 7 nitrogen and oxygen atoms in total. The zero-order valence-electron chi connectivity index (χ0n) is 16.7. The molecule has 9 heteroatoms. The minimum Gasteiger partial charge on any atom is -0.489 e. The summed E-state index contributed by atoms with van der Waals surface area (Å²) in [5.41, 5.74) is 2.83. The van der Waals surface area contributed by atoms with E-state index in [1.807, 2.05) is 11.9 Å². The first-order valence-electron chi connectivity index (χ1n) is 9.38. The standard InChI is InChI=1S/C19H29F2N3O4/c1-23(9-11-26-3)10-12-27-16-8-7-15(17(20)18(16)21)13-22-24(2)28-19(25)14-5-4-6-14/h7-8,14,22H,4-6,9-13H2,1-3H3. The first kappa shape index (κ1) is 22.5. The molecule has 158 valence electrons. The molecule has 1 aromatic carbocycles. The van der Waals surface area contributed by atoms with Gasteiger partial charge in [-0.2, -0.15) is 4.39 Å². The molecule has 2 rings (SSSR count). The molecular weight excluding hydrogens is 372 g/mol. The second-order valence-corrected chi connectivity index (χ2v) is 6.87. The minimum atomic E-state index is -1.03. The van der Waals surface area contributed by atoms with Crippen LogP contribution < -0.4 is 10.2 Å². The van der Waals surface area contributed by atoms with Gasteiger partial charge in [0, 0.05) is 39.4 Å². The lowest BCUT2D eigenvalue weighted by Gasteiger charge is -2.26. The number of carbonyl (C=O) groups is 1. The van der Waals surface area contributed by atoms with Crippen molar-refractivity contribution in [2.45, 2.75) is 25.8 Å². The largest absolute Gasteiger partial charge is 0.489 e. The molecule has 0 heterocycles. The Kier molecular flexibility index (Phi) is 9.04. The number of likely N-dealkylation sites (N-methyl/N-ethyl adjacent to an activating group) is 1. The Morgan fingerprint density at radius 2 is 1.89 bits per heavy atom. The Balaban J connectivity index is 1.79. The number of hydroxylamine groups is 1. The molecule has 0 saturated heterocycles. The molecule has 0 aliphatic heterocycles. The van der Waals surface area contributed by atoms with Crippen LogP contribution in [0.1, 0.15) is 24.8 Å². The van der Waals surface area contributed by atoms with Gasteiger partial charge in [0.25, 0.3) is 0 Å². The molecular formula is C19H29F2N3O4. The van der Waals surface area contributed by atoms with Gasteiger partial charge in [0.2, 0.25) is 5.82 Å². The van der Waals surface area contributed by atoms with Crippen LogP contribution in [-0.2, 0) is 20.9 Å². The van der Waals surface area contributed by atoms with Gasteiger partial charge in [-0.05, 0) is 26.0 Å². The van der Waals surface area contributed by atoms with Crippen molar-refractivity contribution in [3.05, 3.63) is 29.3 Å². The van der Waals surface area contributed by atoms with Gasteiger partial charge in [0.1, 0.15) is 6.61 Å². The van der Waals surface area contributed by atoms with E-state index in [2.05, 4.69) is 5.43 Å². The zero-order chi connectivity index (χ0) is 20.5. The lowest BCUT2D eigenvalue weighted by Crippen LogP contribution is -2.39. The lowest BCUT2D eigenvalue weighted by atomic mass is 9.86. The summed E-state index contributed by atoms with van der Waals surface area (Å²) in [5, 5.41) is 1.12. The fraction of sp³-hybridized carbons (Fsp3) is 0.632. The molecule has 0 atom stereocenters. The molecule has 1 fully saturated rings. The van der Waals surface area contributed by atoms with Crippen molar-refractivity contribution in [1.82, 2.24) is 15.5 Å². The van der Waals surface area contributed by atoms with Crippen LogP contribution in [0.5, 0.6) is 5.75 Å². The topological polar surface area (TPSA) is 63.3 Å². The maximum atomic E-state index is 14.3. The fourth-order valence-corrected chi connectivity index (χ4v) is 2.57. The van der Waals surface area contributed by atoms with Crippen LogP contribution in [0.2, 0.25) is 0 Å². The number of halogens is 2. The number of hydrazine groups is 1. The van der Waals surface area contributed by atoms with E-state index < -0.39 is 11.6 Å². The maximum absolute atomic E-state index is 14.3. The van der Waals surface area contributed by atoms with Crippen molar-refractivity contribution >= 4 is 5.97 Å². The zero-order valence-corrected chi connectivity index (χ0v) is 16.7. The summed E-state index contributed by atoms with van der Waals surface area (Å²) in [7, 11) is 5.01. The highest BCUT2D eigenvalue weighted by Crippen LogP contribution is 2.27. The van der Waals surface area contributed by atoms with Gasteiger partial charge in [-0.1, -0.05) is 17.7 Å². The Labute approximate surface area is 164 Å². The Morgan fingerprint density at radius 3 is 2.54 bits per heavy atom. The summed E-state index contributed by atoms with van der Waals surface area (Å²) in [4.78, 5) is 18.8. The highest BCUT2D eigenvalue weighted by Gasteiger charge is 2.28. The Hall–Kier alpha value is -1.81. The molecule has 1 N–H and O–H groups in total. The predicted molar refractivity (Wildman–Crippen MR) is 99.3 cm³/mol. The Bertz CT molecular complexity index is 644. The van der Waals surface area contributed by atoms with Crippen LogP contribution in [0.4, 0.5) is 8.78 Å². The molecule has 1 aromatic rings. The quantitative estimate of drug-likeness (QED) is 0.538. The number of hydrogen-bond acceptors (Lipinski definition) is 7. The average Bonchev–Trinajstić information content (AvgIpc) is 2.61. The predicted octanol–water partition coefficient (Wildman–Crippen LogP) is 2.12. The first-order chi connectivity index (χ1) is 13.4. The molecule has 1 aliphatic rings. The van der Waals surface area contributed by atoms with Gasteiger partial charge in [-0.15, -0.1) is 0 Å². The number of nitrogens with one attached hydrogen (secondary N) is 1. The van der Waals surface area contributed by atoms with Crippen molar-refractivity contribution in [2.24, 2.45) is 5.92 Å². The average molecular weight is 401 g/mol. The highest BCUT2D eigenvalue weighted by molar-refractivity contribution is 5.72. The van der Waals surface area contributed by atoms with E-state index in [4.69, 9.17) is 14.3 Å². The van der Waals surface area contributed by atoms with E-state index in [0.717, 1.165) is 31.0 Å². The van der Waals surface area contributed by atoms with E-state index in [9.17, 15) is 13.6 Å². The summed E-state index contributed by atoms with van der Waals surface area (Å²) in [5.74, 6) is -2.54. The smallest absolute Gasteiger partial charge is 0.329 e. The number of hydrogen-bond donors (Lipinski definition) is 1. The van der Waals surface area contributed by atoms with Gasteiger partial charge in [0.15, 0.2) is 11.6 Å². The van der Waals surface area contributed by atoms with Gasteiger partial charge >= 0.3 is 5.97 Å². The molecule has 1 aliphatic carbocycles. The van der Waals surface area contributed by atoms with Crippen LogP contribution >= 0.6 is 0 Å². The number of ether oxygens (including phenoxy) is 2. The Morgan fingerprint density at radius 1 is 1.18 bits per heavy atom. The molecule has 0 aromatic heterocycles. The van der Waals surface area contributed by atoms with Crippen molar-refractivity contribution in [1.29, 1.82) is 0 Å². The molecule has 0 amide bonds. The summed E-state index contributed by atoms with van der Waals surface area (Å²) in [6.07, 6.45) is 2.69. The van der Waals surface area contributed by atoms with Gasteiger partial charge in [-0.25, -0.2) is 14.6 Å². The third-order valence-electron chi connectivity index (χ3n) is 4.69. The monoisotopic (exact) mass is 401 g/mol. The third-order valence-corrected chi connectivity index (χ3v) is 4.69. The second-order valence-electron chi connectivity index (χ2n) is 6.87. The van der Waals surface area contributed by atoms with Gasteiger partial charge in [-0.3, -0.25) is 0 Å². The number of carbonyl (C=O) groups excluding carboxylic acids is 1. The summed E-state index contributed by atoms with van der Waals surface area (Å²) in [6, 6.07) is 2.84. The fourth-order valence-electron chi connectivity index (χ4n) is 2.57. The van der Waals surface area contributed by atoms with Crippen LogP contribution in [0.3, 0.4) is 0 Å². The number of nitrogens with zero attached hydrogens (tertiary/aromatic N) is 2. The molecule has 1 saturated carbocycles. The van der Waals surface area contributed by atoms with Crippen molar-refractivity contribution in [3.63, 3.8) is 0 Å². The SMILES string of the molecule is COCCN(C)CCOc1ccc(CNN(C)OC(=O)C2CCC2)c(F)c1F. The van der Waals surface area contributed by atoms with Crippen molar-refractivity contribution in [2.75, 3.05) is 47.5 Å². The van der Waals surface area contributed by atoms with Crippen molar-refractivity contribution in [3.8, 4) is 5.75 Å². The second kappa shape index (κ2) is 11.3. The molecule has 0 radical (unpaired) electrons. The van der Waals surface area contributed by atoms with Crippen LogP contribution in [0, 0.1) is 17.6 Å². The summed E-state index contributed by atoms with van der Waals surface area (Å²) in [6.45, 7) is 2.07. The maximum Gasteiger partial charge on any atom is 0.329 e. The summed E-state index contributed by atoms with van der Waals surface area (Å²) >= 11 is 0. The van der Waals surface area contributed by atoms with E-state index in [0.29, 0.717) is 13.2 Å². The lowest BCUT2D eigenvalue weighted by molar-refractivity contribution is -0.206. The molecule has 0 spiro atoms. The normalized spacial score (nSPS) is 14.4. The molecule has 28 heavy (non-hydrogen) atoms. The van der Waals surface area contributed by atoms with E-state index in [1.165, 1.54) is 19.2 Å². The number of rotatable bonds is 12. The van der Waals surface area contributed by atoms with E-state index in [1.54, 1.807) is 7.11 Å². The van der Waals surface area contributed by atoms with Crippen molar-refractivity contribution < 1.29 is 27.9 Å². The number of methoxy groups -OCH3 is 1.